The van der Waals surface area contributed by atoms with Crippen molar-refractivity contribution >= 4 is 17.8 Å². The van der Waals surface area contributed by atoms with E-state index in [9.17, 15) is 14.4 Å². The number of carboxylic acids is 1. The van der Waals surface area contributed by atoms with Gasteiger partial charge in [0.25, 0.3) is 5.91 Å². The number of hydrogen-bond donors (Lipinski definition) is 1. The molecule has 1 aliphatic heterocycles. The molecule has 1 aromatic heterocycles. The van der Waals surface area contributed by atoms with E-state index >= 15 is 0 Å². The third-order valence-electron chi connectivity index (χ3n) is 4.85. The third-order valence-corrected chi connectivity index (χ3v) is 4.85. The monoisotopic (exact) mass is 397 g/mol. The Balaban J connectivity index is 1.58. The van der Waals surface area contributed by atoms with Gasteiger partial charge in [0.05, 0.1) is 12.5 Å². The average molecular weight is 397 g/mol. The van der Waals surface area contributed by atoms with Crippen molar-refractivity contribution in [2.45, 2.75) is 12.8 Å². The summed E-state index contributed by atoms with van der Waals surface area (Å²) in [5.74, 6) is -0.711. The molecule has 0 radical (unpaired) electrons. The van der Waals surface area contributed by atoms with Gasteiger partial charge in [-0.2, -0.15) is 0 Å². The Labute approximate surface area is 168 Å². The van der Waals surface area contributed by atoms with Gasteiger partial charge in [0.1, 0.15) is 17.2 Å². The Bertz CT molecular complexity index is 879. The highest BCUT2D eigenvalue weighted by Gasteiger charge is 2.28. The van der Waals surface area contributed by atoms with Gasteiger partial charge in [-0.1, -0.05) is 18.2 Å². The van der Waals surface area contributed by atoms with Gasteiger partial charge in [-0.05, 0) is 31.0 Å². The molecule has 2 heterocycles. The van der Waals surface area contributed by atoms with Gasteiger partial charge in [0, 0.05) is 32.4 Å². The highest BCUT2D eigenvalue weighted by Crippen LogP contribution is 2.21. The summed E-state index contributed by atoms with van der Waals surface area (Å²) in [5.41, 5.74) is 0.179. The lowest BCUT2D eigenvalue weighted by molar-refractivity contribution is -0.145. The number of rotatable bonds is 6. The second-order valence-electron chi connectivity index (χ2n) is 6.95. The van der Waals surface area contributed by atoms with E-state index in [1.165, 1.54) is 24.2 Å². The molecule has 1 fully saturated rings. The van der Waals surface area contributed by atoms with Crippen molar-refractivity contribution < 1.29 is 24.2 Å². The number of pyridine rings is 1. The number of nitrogens with zero attached hydrogens (tertiary/aromatic N) is 3. The first-order valence-electron chi connectivity index (χ1n) is 9.39. The standard InChI is InChI=1S/C21H23N3O5/c1-23(14-19(25)24-11-8-15(9-12-24)21(27)28)20(26)18-13-17(7-10-22-18)29-16-5-3-2-4-6-16/h2-7,10,13,15H,8-9,11-12,14H2,1H3,(H,27,28). The van der Waals surface area contributed by atoms with E-state index in [1.54, 1.807) is 23.1 Å². The second-order valence-corrected chi connectivity index (χ2v) is 6.95. The van der Waals surface area contributed by atoms with E-state index in [0.717, 1.165) is 0 Å². The van der Waals surface area contributed by atoms with Gasteiger partial charge >= 0.3 is 5.97 Å². The summed E-state index contributed by atoms with van der Waals surface area (Å²) in [6.45, 7) is 0.676. The Morgan fingerprint density at radius 2 is 1.83 bits per heavy atom. The van der Waals surface area contributed by atoms with Crippen molar-refractivity contribution in [3.8, 4) is 11.5 Å². The average Bonchev–Trinajstić information content (AvgIpc) is 2.74. The fraction of sp³-hybridized carbons (Fsp3) is 0.333. The van der Waals surface area contributed by atoms with Crippen LogP contribution in [0, 0.1) is 5.92 Å². The number of ether oxygens (including phenoxy) is 1. The Morgan fingerprint density at radius 3 is 2.48 bits per heavy atom. The van der Waals surface area contributed by atoms with E-state index in [0.29, 0.717) is 37.4 Å². The van der Waals surface area contributed by atoms with Gasteiger partial charge in [-0.25, -0.2) is 0 Å². The third kappa shape index (κ3) is 5.31. The maximum Gasteiger partial charge on any atom is 0.306 e. The van der Waals surface area contributed by atoms with Crippen LogP contribution in [0.4, 0.5) is 0 Å². The molecule has 0 unspecified atom stereocenters. The zero-order chi connectivity index (χ0) is 20.8. The molecule has 1 N–H and O–H groups in total. The first-order valence-corrected chi connectivity index (χ1v) is 9.39. The summed E-state index contributed by atoms with van der Waals surface area (Å²) >= 11 is 0. The molecule has 0 spiro atoms. The summed E-state index contributed by atoms with van der Waals surface area (Å²) in [5, 5.41) is 9.05. The minimum absolute atomic E-state index is 0.0952. The van der Waals surface area contributed by atoms with Crippen LogP contribution in [0.3, 0.4) is 0 Å². The van der Waals surface area contributed by atoms with E-state index in [-0.39, 0.29) is 18.1 Å². The summed E-state index contributed by atoms with van der Waals surface area (Å²) in [7, 11) is 1.54. The van der Waals surface area contributed by atoms with Crippen LogP contribution in [-0.4, -0.2) is 64.4 Å². The second kappa shape index (κ2) is 9.18. The van der Waals surface area contributed by atoms with Crippen molar-refractivity contribution in [2.75, 3.05) is 26.7 Å². The van der Waals surface area contributed by atoms with Crippen LogP contribution >= 0.6 is 0 Å². The largest absolute Gasteiger partial charge is 0.481 e. The molecular weight excluding hydrogens is 374 g/mol. The molecule has 8 heteroatoms. The number of aromatic nitrogens is 1. The first-order chi connectivity index (χ1) is 13.9. The van der Waals surface area contributed by atoms with Gasteiger partial charge in [0.15, 0.2) is 0 Å². The number of para-hydroxylation sites is 1. The summed E-state index contributed by atoms with van der Waals surface area (Å²) in [6.07, 6.45) is 2.34. The molecule has 0 atom stereocenters. The van der Waals surface area contributed by atoms with Crippen LogP contribution in [0.5, 0.6) is 11.5 Å². The maximum absolute atomic E-state index is 12.7. The molecule has 1 aromatic carbocycles. The number of carbonyl (C=O) groups is 3. The van der Waals surface area contributed by atoms with E-state index in [2.05, 4.69) is 4.98 Å². The number of benzene rings is 1. The molecule has 0 aliphatic carbocycles. The lowest BCUT2D eigenvalue weighted by Crippen LogP contribution is -2.45. The summed E-state index contributed by atoms with van der Waals surface area (Å²) < 4.78 is 5.72. The molecule has 0 bridgehead atoms. The molecule has 3 rings (SSSR count). The van der Waals surface area contributed by atoms with Crippen molar-refractivity contribution in [1.82, 2.24) is 14.8 Å². The Kier molecular flexibility index (Phi) is 6.43. The van der Waals surface area contributed by atoms with Gasteiger partial charge in [-0.3, -0.25) is 19.4 Å². The molecule has 0 saturated carbocycles. The van der Waals surface area contributed by atoms with Gasteiger partial charge in [0.2, 0.25) is 5.91 Å². The van der Waals surface area contributed by atoms with Crippen molar-refractivity contribution in [3.05, 3.63) is 54.4 Å². The van der Waals surface area contributed by atoms with Crippen molar-refractivity contribution in [2.24, 2.45) is 5.92 Å². The van der Waals surface area contributed by atoms with E-state index in [4.69, 9.17) is 9.84 Å². The molecule has 8 nitrogen and oxygen atoms in total. The van der Waals surface area contributed by atoms with Crippen LogP contribution in [0.2, 0.25) is 0 Å². The van der Waals surface area contributed by atoms with Crippen LogP contribution in [0.1, 0.15) is 23.3 Å². The quantitative estimate of drug-likeness (QED) is 0.803. The van der Waals surface area contributed by atoms with Crippen molar-refractivity contribution in [1.29, 1.82) is 0 Å². The SMILES string of the molecule is CN(CC(=O)N1CCC(C(=O)O)CC1)C(=O)c1cc(Oc2ccccc2)ccn1. The molecule has 2 amide bonds. The maximum atomic E-state index is 12.7. The van der Waals surface area contributed by atoms with Crippen LogP contribution in [0.25, 0.3) is 0 Å². The Morgan fingerprint density at radius 1 is 1.14 bits per heavy atom. The molecule has 2 aromatic rings. The number of carbonyl (C=O) groups excluding carboxylic acids is 2. The number of aliphatic carboxylic acids is 1. The van der Waals surface area contributed by atoms with Crippen LogP contribution in [-0.2, 0) is 9.59 Å². The fourth-order valence-corrected chi connectivity index (χ4v) is 3.16. The first kappa shape index (κ1) is 20.3. The highest BCUT2D eigenvalue weighted by molar-refractivity contribution is 5.95. The van der Waals surface area contributed by atoms with E-state index in [1.807, 2.05) is 18.2 Å². The zero-order valence-electron chi connectivity index (χ0n) is 16.2. The summed E-state index contributed by atoms with van der Waals surface area (Å²) in [6, 6.07) is 12.4. The van der Waals surface area contributed by atoms with Crippen molar-refractivity contribution in [3.63, 3.8) is 0 Å². The summed E-state index contributed by atoms with van der Waals surface area (Å²) in [4.78, 5) is 43.2. The molecule has 1 saturated heterocycles. The molecule has 29 heavy (non-hydrogen) atoms. The molecule has 152 valence electrons. The van der Waals surface area contributed by atoms with Crippen LogP contribution < -0.4 is 4.74 Å². The predicted octanol–water partition coefficient (Wildman–Crippen LogP) is 2.27. The Hall–Kier alpha value is -3.42. The minimum atomic E-state index is -0.826. The number of amides is 2. The number of hydrogen-bond acceptors (Lipinski definition) is 5. The smallest absolute Gasteiger partial charge is 0.306 e. The topological polar surface area (TPSA) is 100 Å². The predicted molar refractivity (Wildman–Crippen MR) is 105 cm³/mol. The highest BCUT2D eigenvalue weighted by atomic mass is 16.5. The lowest BCUT2D eigenvalue weighted by atomic mass is 9.97. The fourth-order valence-electron chi connectivity index (χ4n) is 3.16. The minimum Gasteiger partial charge on any atom is -0.481 e. The zero-order valence-corrected chi connectivity index (χ0v) is 16.2. The molecule has 1 aliphatic rings. The molecular formula is C21H23N3O5. The number of likely N-dealkylation sites (tertiary alicyclic amines) is 1. The number of carboxylic acid groups (broad SMARTS) is 1. The normalized spacial score (nSPS) is 14.3. The van der Waals surface area contributed by atoms with E-state index < -0.39 is 17.8 Å². The van der Waals surface area contributed by atoms with Gasteiger partial charge in [-0.15, -0.1) is 0 Å². The number of likely N-dealkylation sites (N-methyl/N-ethyl adjacent to an activating group) is 1. The lowest BCUT2D eigenvalue weighted by Gasteiger charge is -2.31. The van der Waals surface area contributed by atoms with Gasteiger partial charge < -0.3 is 19.6 Å². The number of piperidine rings is 1. The van der Waals surface area contributed by atoms with Crippen LogP contribution in [0.15, 0.2) is 48.7 Å².